The van der Waals surface area contributed by atoms with Crippen LogP contribution in [-0.2, 0) is 16.0 Å². The van der Waals surface area contributed by atoms with Crippen molar-refractivity contribution >= 4 is 11.9 Å². The molecule has 1 aromatic rings. The van der Waals surface area contributed by atoms with Crippen LogP contribution in [0.4, 0.5) is 0 Å². The molecule has 0 aromatic heterocycles. The van der Waals surface area contributed by atoms with Crippen LogP contribution in [0.5, 0.6) is 0 Å². The fourth-order valence-electron chi connectivity index (χ4n) is 2.49. The maximum absolute atomic E-state index is 11.8. The zero-order valence-electron chi connectivity index (χ0n) is 10.2. The first-order chi connectivity index (χ1) is 8.66. The van der Waals surface area contributed by atoms with Crippen LogP contribution in [0, 0.1) is 0 Å². The van der Waals surface area contributed by atoms with Crippen molar-refractivity contribution in [2.45, 2.75) is 31.7 Å². The van der Waals surface area contributed by atoms with Crippen LogP contribution in [0.25, 0.3) is 0 Å². The molecule has 1 atom stereocenters. The molecule has 1 heterocycles. The zero-order valence-corrected chi connectivity index (χ0v) is 10.2. The third kappa shape index (κ3) is 3.09. The molecule has 0 aliphatic carbocycles. The highest BCUT2D eigenvalue weighted by Crippen LogP contribution is 2.21. The minimum Gasteiger partial charge on any atom is -0.481 e. The van der Waals surface area contributed by atoms with Crippen molar-refractivity contribution in [3.63, 3.8) is 0 Å². The molecule has 2 rings (SSSR count). The molecule has 0 bridgehead atoms. The number of hydrogen-bond donors (Lipinski definition) is 1. The SMILES string of the molecule is O=C(O)CC(=O)N1CCCC1Cc1ccccc1. The van der Waals surface area contributed by atoms with E-state index >= 15 is 0 Å². The highest BCUT2D eigenvalue weighted by molar-refractivity contribution is 5.93. The standard InChI is InChI=1S/C14H17NO3/c16-13(10-14(17)18)15-8-4-7-12(15)9-11-5-2-1-3-6-11/h1-3,5-6,12H,4,7-10H2,(H,17,18). The molecule has 18 heavy (non-hydrogen) atoms. The van der Waals surface area contributed by atoms with Gasteiger partial charge in [0, 0.05) is 12.6 Å². The van der Waals surface area contributed by atoms with Gasteiger partial charge in [-0.15, -0.1) is 0 Å². The van der Waals surface area contributed by atoms with Gasteiger partial charge < -0.3 is 10.0 Å². The molecule has 1 amide bonds. The minimum atomic E-state index is -1.05. The Labute approximate surface area is 106 Å². The lowest BCUT2D eigenvalue weighted by molar-refractivity contribution is -0.144. The van der Waals surface area contributed by atoms with Crippen LogP contribution in [0.15, 0.2) is 30.3 Å². The molecule has 1 aromatic carbocycles. The summed E-state index contributed by atoms with van der Waals surface area (Å²) in [7, 11) is 0. The fraction of sp³-hybridized carbons (Fsp3) is 0.429. The Hall–Kier alpha value is -1.84. The van der Waals surface area contributed by atoms with Crippen LogP contribution < -0.4 is 0 Å². The van der Waals surface area contributed by atoms with Gasteiger partial charge in [-0.2, -0.15) is 0 Å². The molecular formula is C14H17NO3. The highest BCUT2D eigenvalue weighted by atomic mass is 16.4. The van der Waals surface area contributed by atoms with Crippen LogP contribution in [0.1, 0.15) is 24.8 Å². The van der Waals surface area contributed by atoms with Gasteiger partial charge in [-0.05, 0) is 24.8 Å². The van der Waals surface area contributed by atoms with Gasteiger partial charge in [0.15, 0.2) is 0 Å². The predicted molar refractivity (Wildman–Crippen MR) is 67.1 cm³/mol. The molecule has 1 saturated heterocycles. The van der Waals surface area contributed by atoms with Gasteiger partial charge in [0.25, 0.3) is 0 Å². The average molecular weight is 247 g/mol. The molecule has 1 aliphatic heterocycles. The Morgan fingerprint density at radius 3 is 2.67 bits per heavy atom. The van der Waals surface area contributed by atoms with E-state index in [0.717, 1.165) is 19.3 Å². The molecule has 1 aliphatic rings. The monoisotopic (exact) mass is 247 g/mol. The highest BCUT2D eigenvalue weighted by Gasteiger charge is 2.29. The van der Waals surface area contributed by atoms with Gasteiger partial charge >= 0.3 is 5.97 Å². The van der Waals surface area contributed by atoms with E-state index in [-0.39, 0.29) is 11.9 Å². The smallest absolute Gasteiger partial charge is 0.312 e. The number of rotatable bonds is 4. The Morgan fingerprint density at radius 1 is 1.28 bits per heavy atom. The van der Waals surface area contributed by atoms with Gasteiger partial charge in [-0.3, -0.25) is 9.59 Å². The third-order valence-electron chi connectivity index (χ3n) is 3.31. The van der Waals surface area contributed by atoms with Crippen LogP contribution in [-0.4, -0.2) is 34.5 Å². The molecule has 96 valence electrons. The number of carboxylic acid groups (broad SMARTS) is 1. The van der Waals surface area contributed by atoms with Crippen LogP contribution >= 0.6 is 0 Å². The summed E-state index contributed by atoms with van der Waals surface area (Å²) in [5, 5.41) is 8.67. The quantitative estimate of drug-likeness (QED) is 0.824. The van der Waals surface area contributed by atoms with Crippen LogP contribution in [0.2, 0.25) is 0 Å². The minimum absolute atomic E-state index is 0.152. The van der Waals surface area contributed by atoms with Crippen LogP contribution in [0.3, 0.4) is 0 Å². The summed E-state index contributed by atoms with van der Waals surface area (Å²) in [6, 6.07) is 10.2. The lowest BCUT2D eigenvalue weighted by Gasteiger charge is -2.24. The Kier molecular flexibility index (Phi) is 3.97. The summed E-state index contributed by atoms with van der Waals surface area (Å²) >= 11 is 0. The number of carbonyl (C=O) groups excluding carboxylic acids is 1. The summed E-state index contributed by atoms with van der Waals surface area (Å²) in [6.45, 7) is 0.684. The van der Waals surface area contributed by atoms with Gasteiger partial charge in [-0.1, -0.05) is 30.3 Å². The first kappa shape index (κ1) is 12.6. The van der Waals surface area contributed by atoms with E-state index in [1.807, 2.05) is 30.3 Å². The number of likely N-dealkylation sites (tertiary alicyclic amines) is 1. The maximum Gasteiger partial charge on any atom is 0.312 e. The number of benzene rings is 1. The van der Waals surface area contributed by atoms with E-state index in [1.54, 1.807) is 4.90 Å². The van der Waals surface area contributed by atoms with E-state index in [0.29, 0.717) is 6.54 Å². The lowest BCUT2D eigenvalue weighted by atomic mass is 10.0. The second-order valence-electron chi connectivity index (χ2n) is 4.64. The predicted octanol–water partition coefficient (Wildman–Crippen LogP) is 1.69. The van der Waals surface area contributed by atoms with E-state index < -0.39 is 12.4 Å². The lowest BCUT2D eigenvalue weighted by Crippen LogP contribution is -2.37. The van der Waals surface area contributed by atoms with Crippen molar-refractivity contribution in [1.82, 2.24) is 4.90 Å². The van der Waals surface area contributed by atoms with E-state index in [2.05, 4.69) is 0 Å². The molecule has 0 saturated carbocycles. The molecule has 1 fully saturated rings. The van der Waals surface area contributed by atoms with Gasteiger partial charge in [0.1, 0.15) is 6.42 Å². The van der Waals surface area contributed by atoms with Gasteiger partial charge in [0.05, 0.1) is 0 Å². The second kappa shape index (κ2) is 5.67. The molecule has 1 N–H and O–H groups in total. The third-order valence-corrected chi connectivity index (χ3v) is 3.31. The van der Waals surface area contributed by atoms with Crippen molar-refractivity contribution in [3.8, 4) is 0 Å². The molecule has 0 spiro atoms. The number of aliphatic carboxylic acids is 1. The van der Waals surface area contributed by atoms with Gasteiger partial charge in [0.2, 0.25) is 5.91 Å². The van der Waals surface area contributed by atoms with Gasteiger partial charge in [-0.25, -0.2) is 0 Å². The summed E-state index contributed by atoms with van der Waals surface area (Å²) < 4.78 is 0. The summed E-state index contributed by atoms with van der Waals surface area (Å²) in [4.78, 5) is 24.1. The number of carboxylic acids is 1. The normalized spacial score (nSPS) is 18.9. The zero-order chi connectivity index (χ0) is 13.0. The Balaban J connectivity index is 1.99. The number of hydrogen-bond acceptors (Lipinski definition) is 2. The first-order valence-corrected chi connectivity index (χ1v) is 6.22. The Bertz CT molecular complexity index is 430. The average Bonchev–Trinajstić information content (AvgIpc) is 2.77. The number of nitrogens with zero attached hydrogens (tertiary/aromatic N) is 1. The van der Waals surface area contributed by atoms with Crippen molar-refractivity contribution in [1.29, 1.82) is 0 Å². The molecular weight excluding hydrogens is 230 g/mol. The summed E-state index contributed by atoms with van der Waals surface area (Å²) in [5.74, 6) is -1.31. The summed E-state index contributed by atoms with van der Waals surface area (Å²) in [5.41, 5.74) is 1.19. The van der Waals surface area contributed by atoms with Crippen molar-refractivity contribution in [3.05, 3.63) is 35.9 Å². The molecule has 0 radical (unpaired) electrons. The maximum atomic E-state index is 11.8. The molecule has 4 heteroatoms. The van der Waals surface area contributed by atoms with E-state index in [4.69, 9.17) is 5.11 Å². The second-order valence-corrected chi connectivity index (χ2v) is 4.64. The topological polar surface area (TPSA) is 57.6 Å². The number of amides is 1. The first-order valence-electron chi connectivity index (χ1n) is 6.22. The Morgan fingerprint density at radius 2 is 2.00 bits per heavy atom. The van der Waals surface area contributed by atoms with Crippen molar-refractivity contribution < 1.29 is 14.7 Å². The van der Waals surface area contributed by atoms with Crippen molar-refractivity contribution in [2.75, 3.05) is 6.54 Å². The van der Waals surface area contributed by atoms with Crippen molar-refractivity contribution in [2.24, 2.45) is 0 Å². The fourth-order valence-corrected chi connectivity index (χ4v) is 2.49. The molecule has 1 unspecified atom stereocenters. The van der Waals surface area contributed by atoms with E-state index in [9.17, 15) is 9.59 Å². The largest absolute Gasteiger partial charge is 0.481 e. The molecule has 4 nitrogen and oxygen atoms in total. The summed E-state index contributed by atoms with van der Waals surface area (Å²) in [6.07, 6.45) is 2.33. The number of carbonyl (C=O) groups is 2. The van der Waals surface area contributed by atoms with E-state index in [1.165, 1.54) is 5.56 Å².